The Balaban J connectivity index is 0.00000272. The Morgan fingerprint density at radius 3 is 2.45 bits per heavy atom. The first kappa shape index (κ1) is 22.7. The van der Waals surface area contributed by atoms with Crippen molar-refractivity contribution in [1.29, 1.82) is 0 Å². The van der Waals surface area contributed by atoms with Crippen molar-refractivity contribution in [2.45, 2.75) is 19.3 Å². The third kappa shape index (κ3) is 5.03. The first-order valence-corrected chi connectivity index (χ1v) is 9.87. The molecule has 0 atom stereocenters. The molecule has 2 aromatic heterocycles. The number of halogens is 4. The van der Waals surface area contributed by atoms with Gasteiger partial charge in [-0.05, 0) is 16.7 Å². The van der Waals surface area contributed by atoms with Crippen molar-refractivity contribution in [3.8, 4) is 0 Å². The highest BCUT2D eigenvalue weighted by Gasteiger charge is 2.18. The lowest BCUT2D eigenvalue weighted by atomic mass is 10.0. The van der Waals surface area contributed by atoms with Gasteiger partial charge in [0, 0.05) is 30.8 Å². The fraction of sp³-hybridized carbons (Fsp3) is 0.136. The molecule has 0 spiro atoms. The number of thiazole rings is 1. The fourth-order valence-electron chi connectivity index (χ4n) is 3.23. The van der Waals surface area contributed by atoms with E-state index in [4.69, 9.17) is 0 Å². The third-order valence-electron chi connectivity index (χ3n) is 4.59. The van der Waals surface area contributed by atoms with E-state index in [2.05, 4.69) is 9.97 Å². The summed E-state index contributed by atoms with van der Waals surface area (Å²) < 4.78 is 41.2. The second-order valence-electron chi connectivity index (χ2n) is 6.80. The second-order valence-corrected chi connectivity index (χ2v) is 7.88. The van der Waals surface area contributed by atoms with E-state index in [-0.39, 0.29) is 35.5 Å². The number of benzene rings is 2. The van der Waals surface area contributed by atoms with Gasteiger partial charge in [-0.25, -0.2) is 18.2 Å². The summed E-state index contributed by atoms with van der Waals surface area (Å²) in [6.07, 6.45) is 2.09. The summed E-state index contributed by atoms with van der Waals surface area (Å²) in [6.45, 7) is 0. The molecule has 0 saturated carbocycles. The van der Waals surface area contributed by atoms with Crippen molar-refractivity contribution in [2.75, 3.05) is 0 Å². The molecule has 0 aliphatic carbocycles. The van der Waals surface area contributed by atoms with Crippen LogP contribution in [-0.4, -0.2) is 21.0 Å². The molecular formula is C22H16ClF3N2O2S. The number of carboxylic acids is 1. The number of aliphatic carboxylic acids is 1. The van der Waals surface area contributed by atoms with Crippen molar-refractivity contribution in [3.63, 3.8) is 0 Å². The number of hydrogen-bond acceptors (Lipinski definition) is 4. The van der Waals surface area contributed by atoms with Crippen LogP contribution in [0.15, 0.2) is 48.7 Å². The summed E-state index contributed by atoms with van der Waals surface area (Å²) in [5.74, 6) is -4.32. The Morgan fingerprint density at radius 2 is 1.74 bits per heavy atom. The van der Waals surface area contributed by atoms with E-state index in [1.807, 2.05) is 30.3 Å². The summed E-state index contributed by atoms with van der Waals surface area (Å²) in [5.41, 5.74) is 2.53. The molecule has 0 radical (unpaired) electrons. The summed E-state index contributed by atoms with van der Waals surface area (Å²) in [6, 6.07) is 11.8. The van der Waals surface area contributed by atoms with Gasteiger partial charge in [-0.2, -0.15) is 0 Å². The number of hydrogen-bond donors (Lipinski definition) is 1. The molecule has 9 heteroatoms. The molecule has 0 amide bonds. The minimum atomic E-state index is -1.28. The second kappa shape index (κ2) is 9.45. The molecule has 0 unspecified atom stereocenters. The predicted octanol–water partition coefficient (Wildman–Crippen LogP) is 5.34. The summed E-state index contributed by atoms with van der Waals surface area (Å²) >= 11 is 0.931. The van der Waals surface area contributed by atoms with Gasteiger partial charge in [0.05, 0.1) is 16.1 Å². The van der Waals surface area contributed by atoms with Crippen LogP contribution in [0.25, 0.3) is 10.2 Å². The van der Waals surface area contributed by atoms with Gasteiger partial charge < -0.3 is 5.11 Å². The Kier molecular flexibility index (Phi) is 6.92. The monoisotopic (exact) mass is 464 g/mol. The first-order valence-electron chi connectivity index (χ1n) is 9.06. The lowest BCUT2D eigenvalue weighted by molar-refractivity contribution is -0.136. The van der Waals surface area contributed by atoms with Gasteiger partial charge in [0.15, 0.2) is 11.6 Å². The minimum Gasteiger partial charge on any atom is -0.481 e. The number of fused-ring (bicyclic) bond motifs is 1. The van der Waals surface area contributed by atoms with Crippen molar-refractivity contribution in [2.24, 2.45) is 0 Å². The summed E-state index contributed by atoms with van der Waals surface area (Å²) in [7, 11) is 0. The number of rotatable bonds is 6. The van der Waals surface area contributed by atoms with Crippen LogP contribution in [-0.2, 0) is 24.1 Å². The van der Waals surface area contributed by atoms with Gasteiger partial charge in [0.2, 0.25) is 0 Å². The van der Waals surface area contributed by atoms with E-state index in [1.165, 1.54) is 0 Å². The van der Waals surface area contributed by atoms with Crippen LogP contribution in [0.2, 0.25) is 0 Å². The van der Waals surface area contributed by atoms with E-state index in [0.717, 1.165) is 16.9 Å². The van der Waals surface area contributed by atoms with Crippen LogP contribution in [0.3, 0.4) is 0 Å². The zero-order valence-electron chi connectivity index (χ0n) is 15.9. The fourth-order valence-corrected chi connectivity index (χ4v) is 4.23. The number of pyridine rings is 1. The quantitative estimate of drug-likeness (QED) is 0.391. The average molecular weight is 465 g/mol. The molecule has 0 fully saturated rings. The zero-order chi connectivity index (χ0) is 21.3. The average Bonchev–Trinajstić information content (AvgIpc) is 3.13. The van der Waals surface area contributed by atoms with E-state index < -0.39 is 23.4 Å². The molecule has 0 bridgehead atoms. The van der Waals surface area contributed by atoms with Crippen molar-refractivity contribution in [1.82, 2.24) is 9.97 Å². The maximum absolute atomic E-state index is 13.9. The predicted molar refractivity (Wildman–Crippen MR) is 114 cm³/mol. The smallest absolute Gasteiger partial charge is 0.307 e. The van der Waals surface area contributed by atoms with Crippen LogP contribution in [0, 0.1) is 17.5 Å². The third-order valence-corrected chi connectivity index (χ3v) is 5.65. The van der Waals surface area contributed by atoms with Crippen molar-refractivity contribution >= 4 is 39.9 Å². The van der Waals surface area contributed by atoms with E-state index in [9.17, 15) is 23.1 Å². The minimum absolute atomic E-state index is 0. The Morgan fingerprint density at radius 1 is 1.00 bits per heavy atom. The molecule has 0 aliphatic heterocycles. The Labute approximate surface area is 185 Å². The molecule has 2 heterocycles. The van der Waals surface area contributed by atoms with Gasteiger partial charge >= 0.3 is 5.97 Å². The molecule has 0 saturated heterocycles. The number of nitrogens with zero attached hydrogens (tertiary/aromatic N) is 2. The number of aromatic nitrogens is 2. The highest BCUT2D eigenvalue weighted by molar-refractivity contribution is 7.18. The highest BCUT2D eigenvalue weighted by Crippen LogP contribution is 2.30. The van der Waals surface area contributed by atoms with Crippen LogP contribution in [0.1, 0.15) is 27.4 Å². The topological polar surface area (TPSA) is 63.1 Å². The molecule has 4 aromatic rings. The first-order chi connectivity index (χ1) is 14.4. The maximum Gasteiger partial charge on any atom is 0.307 e. The largest absolute Gasteiger partial charge is 0.481 e. The van der Waals surface area contributed by atoms with Crippen molar-refractivity contribution < 1.29 is 23.1 Å². The normalized spacial score (nSPS) is 10.8. The van der Waals surface area contributed by atoms with E-state index in [0.29, 0.717) is 34.3 Å². The van der Waals surface area contributed by atoms with Gasteiger partial charge in [-0.3, -0.25) is 9.78 Å². The van der Waals surface area contributed by atoms with Crippen LogP contribution in [0.5, 0.6) is 0 Å². The standard InChI is InChI=1S/C22H15F3N2O2S.ClH/c23-15-10-16(24)22-21(20(15)25)27-18(30-22)8-13-6-14(9-19(28)29)17(26-11-13)7-12-4-2-1-3-5-12;/h1-6,10-11H,7-9H2,(H,28,29);1H. The van der Waals surface area contributed by atoms with Crippen LogP contribution in [0.4, 0.5) is 13.2 Å². The van der Waals surface area contributed by atoms with Gasteiger partial charge in [-0.15, -0.1) is 23.7 Å². The molecule has 4 nitrogen and oxygen atoms in total. The summed E-state index contributed by atoms with van der Waals surface area (Å²) in [4.78, 5) is 19.8. The molecular weight excluding hydrogens is 449 g/mol. The SMILES string of the molecule is Cl.O=C(O)Cc1cc(Cc2nc3c(F)c(F)cc(F)c3s2)cnc1Cc1ccccc1. The molecule has 1 N–H and O–H groups in total. The molecule has 2 aromatic carbocycles. The number of carboxylic acid groups (broad SMARTS) is 1. The highest BCUT2D eigenvalue weighted by atomic mass is 35.5. The number of carbonyl (C=O) groups is 1. The molecule has 31 heavy (non-hydrogen) atoms. The van der Waals surface area contributed by atoms with Gasteiger partial charge in [0.1, 0.15) is 11.3 Å². The lowest BCUT2D eigenvalue weighted by Gasteiger charge is -2.09. The molecule has 4 rings (SSSR count). The van der Waals surface area contributed by atoms with Gasteiger partial charge in [-0.1, -0.05) is 36.4 Å². The Hall–Kier alpha value is -2.97. The van der Waals surface area contributed by atoms with Crippen molar-refractivity contribution in [3.05, 3.63) is 93.5 Å². The van der Waals surface area contributed by atoms with Crippen LogP contribution < -0.4 is 0 Å². The maximum atomic E-state index is 13.9. The summed E-state index contributed by atoms with van der Waals surface area (Å²) in [5, 5.41) is 9.65. The van der Waals surface area contributed by atoms with E-state index >= 15 is 0 Å². The van der Waals surface area contributed by atoms with Crippen LogP contribution >= 0.6 is 23.7 Å². The van der Waals surface area contributed by atoms with Gasteiger partial charge in [0.25, 0.3) is 0 Å². The lowest BCUT2D eigenvalue weighted by Crippen LogP contribution is -2.07. The molecule has 0 aliphatic rings. The Bertz CT molecular complexity index is 1250. The zero-order valence-corrected chi connectivity index (χ0v) is 17.6. The van der Waals surface area contributed by atoms with E-state index in [1.54, 1.807) is 12.3 Å². The molecule has 160 valence electrons.